The Balaban J connectivity index is 1.61. The van der Waals surface area contributed by atoms with Crippen LogP contribution in [0.3, 0.4) is 0 Å². The molecule has 0 radical (unpaired) electrons. The summed E-state index contributed by atoms with van der Waals surface area (Å²) >= 11 is 3.47. The molecule has 0 spiro atoms. The molecule has 1 aliphatic carbocycles. The molecule has 136 valence electrons. The minimum Gasteiger partial charge on any atom is -0.343 e. The molecule has 0 unspecified atom stereocenters. The average molecular weight is 415 g/mol. The molecule has 5 heteroatoms. The summed E-state index contributed by atoms with van der Waals surface area (Å²) < 4.78 is 1.00. The second-order valence-corrected chi connectivity index (χ2v) is 7.78. The summed E-state index contributed by atoms with van der Waals surface area (Å²) in [7, 11) is 0. The highest BCUT2D eigenvalue weighted by Gasteiger charge is 2.32. The Labute approximate surface area is 162 Å². The predicted octanol–water partition coefficient (Wildman–Crippen LogP) is 3.99. The van der Waals surface area contributed by atoms with E-state index in [2.05, 4.69) is 21.2 Å². The predicted molar refractivity (Wildman–Crippen MR) is 106 cm³/mol. The van der Waals surface area contributed by atoms with Gasteiger partial charge in [0.1, 0.15) is 0 Å². The van der Waals surface area contributed by atoms with Crippen LogP contribution in [0.15, 0.2) is 46.9 Å². The van der Waals surface area contributed by atoms with Crippen molar-refractivity contribution in [1.82, 2.24) is 10.2 Å². The topological polar surface area (TPSA) is 49.4 Å². The van der Waals surface area contributed by atoms with Gasteiger partial charge in [-0.05, 0) is 67.6 Å². The molecule has 4 nitrogen and oxygen atoms in total. The smallest absolute Gasteiger partial charge is 0.251 e. The highest BCUT2D eigenvalue weighted by molar-refractivity contribution is 9.10. The number of rotatable bonds is 6. The first kappa shape index (κ1) is 18.6. The van der Waals surface area contributed by atoms with Gasteiger partial charge in [-0.15, -0.1) is 0 Å². The van der Waals surface area contributed by atoms with E-state index in [1.54, 1.807) is 6.07 Å². The second kappa shape index (κ2) is 8.04. The van der Waals surface area contributed by atoms with Gasteiger partial charge in [0.15, 0.2) is 0 Å². The minimum absolute atomic E-state index is 0.0241. The summed E-state index contributed by atoms with van der Waals surface area (Å²) in [5, 5.41) is 2.77. The Kier molecular flexibility index (Phi) is 5.77. The Morgan fingerprint density at radius 2 is 1.88 bits per heavy atom. The Hall–Kier alpha value is -2.14. The lowest BCUT2D eigenvalue weighted by atomic mass is 10.1. The number of carbonyl (C=O) groups is 2. The first-order valence-electron chi connectivity index (χ1n) is 8.83. The number of carbonyl (C=O) groups excluding carboxylic acids is 2. The lowest BCUT2D eigenvalue weighted by Crippen LogP contribution is -2.41. The van der Waals surface area contributed by atoms with Crippen LogP contribution in [0.2, 0.25) is 0 Å². The highest BCUT2D eigenvalue weighted by Crippen LogP contribution is 2.28. The SMILES string of the molecule is Cc1ccc(C(=O)NCC(=O)N(Cc2cccc(Br)c2)C2CC2)cc1C. The maximum Gasteiger partial charge on any atom is 0.251 e. The van der Waals surface area contributed by atoms with E-state index < -0.39 is 0 Å². The number of aryl methyl sites for hydroxylation is 2. The Bertz CT molecular complexity index is 831. The van der Waals surface area contributed by atoms with Crippen LogP contribution >= 0.6 is 15.9 Å². The third-order valence-corrected chi connectivity index (χ3v) is 5.21. The number of halogens is 1. The standard InChI is InChI=1S/C21H23BrN2O2/c1-14-6-7-17(10-15(14)2)21(26)23-12-20(25)24(19-8-9-19)13-16-4-3-5-18(22)11-16/h3-7,10-11,19H,8-9,12-13H2,1-2H3,(H,23,26). The van der Waals surface area contributed by atoms with E-state index in [-0.39, 0.29) is 18.4 Å². The summed E-state index contributed by atoms with van der Waals surface area (Å²) in [6.45, 7) is 4.58. The molecule has 1 saturated carbocycles. The summed E-state index contributed by atoms with van der Waals surface area (Å²) in [6.07, 6.45) is 2.07. The molecule has 0 bridgehead atoms. The largest absolute Gasteiger partial charge is 0.343 e. The van der Waals surface area contributed by atoms with Crippen molar-refractivity contribution in [2.75, 3.05) is 6.54 Å². The number of nitrogens with one attached hydrogen (secondary N) is 1. The molecular formula is C21H23BrN2O2. The summed E-state index contributed by atoms with van der Waals surface area (Å²) in [6, 6.07) is 13.8. The number of nitrogens with zero attached hydrogens (tertiary/aromatic N) is 1. The number of hydrogen-bond donors (Lipinski definition) is 1. The van der Waals surface area contributed by atoms with Gasteiger partial charge in [0.2, 0.25) is 5.91 Å². The summed E-state index contributed by atoms with van der Waals surface area (Å²) in [4.78, 5) is 26.9. The molecule has 3 rings (SSSR count). The zero-order chi connectivity index (χ0) is 18.7. The van der Waals surface area contributed by atoms with Crippen molar-refractivity contribution < 1.29 is 9.59 Å². The Morgan fingerprint density at radius 3 is 2.54 bits per heavy atom. The molecule has 0 saturated heterocycles. The highest BCUT2D eigenvalue weighted by atomic mass is 79.9. The van der Waals surface area contributed by atoms with Crippen molar-refractivity contribution in [3.8, 4) is 0 Å². The lowest BCUT2D eigenvalue weighted by Gasteiger charge is -2.23. The van der Waals surface area contributed by atoms with Gasteiger partial charge in [-0.3, -0.25) is 9.59 Å². The third kappa shape index (κ3) is 4.73. The molecule has 0 heterocycles. The van der Waals surface area contributed by atoms with E-state index in [0.717, 1.165) is 34.0 Å². The maximum atomic E-state index is 12.7. The van der Waals surface area contributed by atoms with Crippen LogP contribution in [0.5, 0.6) is 0 Å². The quantitative estimate of drug-likeness (QED) is 0.776. The van der Waals surface area contributed by atoms with E-state index in [9.17, 15) is 9.59 Å². The summed E-state index contributed by atoms with van der Waals surface area (Å²) in [5.74, 6) is -0.246. The van der Waals surface area contributed by atoms with Crippen molar-refractivity contribution >= 4 is 27.7 Å². The average Bonchev–Trinajstić information content (AvgIpc) is 3.44. The van der Waals surface area contributed by atoms with Gasteiger partial charge < -0.3 is 10.2 Å². The Morgan fingerprint density at radius 1 is 1.12 bits per heavy atom. The first-order valence-corrected chi connectivity index (χ1v) is 9.62. The van der Waals surface area contributed by atoms with E-state index in [1.807, 2.05) is 55.1 Å². The number of amides is 2. The van der Waals surface area contributed by atoms with Crippen LogP contribution < -0.4 is 5.32 Å². The third-order valence-electron chi connectivity index (χ3n) is 4.72. The zero-order valence-corrected chi connectivity index (χ0v) is 16.7. The molecule has 2 aromatic rings. The van der Waals surface area contributed by atoms with Crippen molar-refractivity contribution in [2.24, 2.45) is 0 Å². The van der Waals surface area contributed by atoms with Gasteiger partial charge in [0.25, 0.3) is 5.91 Å². The maximum absolute atomic E-state index is 12.7. The lowest BCUT2D eigenvalue weighted by molar-refractivity contribution is -0.131. The first-order chi connectivity index (χ1) is 12.4. The van der Waals surface area contributed by atoms with E-state index >= 15 is 0 Å². The van der Waals surface area contributed by atoms with Gasteiger partial charge in [-0.2, -0.15) is 0 Å². The molecular weight excluding hydrogens is 392 g/mol. The van der Waals surface area contributed by atoms with Crippen molar-refractivity contribution in [3.63, 3.8) is 0 Å². The minimum atomic E-state index is -0.209. The van der Waals surface area contributed by atoms with E-state index in [1.165, 1.54) is 0 Å². The second-order valence-electron chi connectivity index (χ2n) is 6.86. The molecule has 0 atom stereocenters. The molecule has 1 fully saturated rings. The van der Waals surface area contributed by atoms with Crippen LogP contribution in [-0.2, 0) is 11.3 Å². The van der Waals surface area contributed by atoms with Gasteiger partial charge in [0, 0.05) is 22.6 Å². The van der Waals surface area contributed by atoms with E-state index in [4.69, 9.17) is 0 Å². The molecule has 0 aromatic heterocycles. The van der Waals surface area contributed by atoms with Crippen LogP contribution in [0.4, 0.5) is 0 Å². The van der Waals surface area contributed by atoms with Crippen molar-refractivity contribution in [1.29, 1.82) is 0 Å². The molecule has 1 N–H and O–H groups in total. The summed E-state index contributed by atoms with van der Waals surface area (Å²) in [5.41, 5.74) is 3.88. The van der Waals surface area contributed by atoms with Crippen molar-refractivity contribution in [3.05, 3.63) is 69.2 Å². The van der Waals surface area contributed by atoms with Crippen molar-refractivity contribution in [2.45, 2.75) is 39.3 Å². The molecule has 26 heavy (non-hydrogen) atoms. The van der Waals surface area contributed by atoms with E-state index in [0.29, 0.717) is 18.2 Å². The van der Waals surface area contributed by atoms with Gasteiger partial charge in [-0.25, -0.2) is 0 Å². The monoisotopic (exact) mass is 414 g/mol. The normalized spacial score (nSPS) is 13.3. The fourth-order valence-corrected chi connectivity index (χ4v) is 3.33. The molecule has 2 amide bonds. The number of hydrogen-bond acceptors (Lipinski definition) is 2. The molecule has 0 aliphatic heterocycles. The van der Waals surface area contributed by atoms with Gasteiger partial charge >= 0.3 is 0 Å². The van der Waals surface area contributed by atoms with Crippen LogP contribution in [-0.4, -0.2) is 29.3 Å². The fourth-order valence-electron chi connectivity index (χ4n) is 2.88. The van der Waals surface area contributed by atoms with Gasteiger partial charge in [0.05, 0.1) is 6.54 Å². The van der Waals surface area contributed by atoms with Gasteiger partial charge in [-0.1, -0.05) is 34.1 Å². The van der Waals surface area contributed by atoms with Crippen LogP contribution in [0, 0.1) is 13.8 Å². The van der Waals surface area contributed by atoms with Crippen LogP contribution in [0.1, 0.15) is 39.9 Å². The zero-order valence-electron chi connectivity index (χ0n) is 15.1. The van der Waals surface area contributed by atoms with Crippen LogP contribution in [0.25, 0.3) is 0 Å². The number of benzene rings is 2. The fraction of sp³-hybridized carbons (Fsp3) is 0.333. The molecule has 2 aromatic carbocycles. The molecule has 1 aliphatic rings.